The topological polar surface area (TPSA) is 12.0 Å². The van der Waals surface area contributed by atoms with Crippen LogP contribution in [0.2, 0.25) is 0 Å². The highest BCUT2D eigenvalue weighted by Crippen LogP contribution is 2.38. The minimum atomic E-state index is -2.40. The van der Waals surface area contributed by atoms with Crippen LogP contribution < -0.4 is 5.32 Å². The van der Waals surface area contributed by atoms with Crippen LogP contribution in [0.1, 0.15) is 90.4 Å². The maximum atomic E-state index is 13.2. The van der Waals surface area contributed by atoms with Crippen molar-refractivity contribution in [3.8, 4) is 0 Å². The predicted molar refractivity (Wildman–Crippen MR) is 87.0 cm³/mol. The van der Waals surface area contributed by atoms with Crippen LogP contribution in [-0.4, -0.2) is 19.0 Å². The van der Waals surface area contributed by atoms with E-state index in [4.69, 9.17) is 0 Å². The summed E-state index contributed by atoms with van der Waals surface area (Å²) in [6.45, 7) is 2.25. The van der Waals surface area contributed by atoms with Crippen molar-refractivity contribution in [1.82, 2.24) is 5.32 Å². The van der Waals surface area contributed by atoms with Crippen LogP contribution in [0.4, 0.5) is 8.78 Å². The maximum Gasteiger partial charge on any atom is 0.248 e. The van der Waals surface area contributed by atoms with Gasteiger partial charge in [-0.1, -0.05) is 58.3 Å². The van der Waals surface area contributed by atoms with Gasteiger partial charge in [-0.2, -0.15) is 0 Å². The van der Waals surface area contributed by atoms with Gasteiger partial charge in [-0.25, -0.2) is 8.78 Å². The Kier molecular flexibility index (Phi) is 9.46. The quantitative estimate of drug-likeness (QED) is 0.466. The fraction of sp³-hybridized carbons (Fsp3) is 1.00. The minimum Gasteiger partial charge on any atom is -0.317 e. The molecular formula is C18H35F2N. The van der Waals surface area contributed by atoms with Crippen molar-refractivity contribution in [2.45, 2.75) is 102 Å². The summed E-state index contributed by atoms with van der Waals surface area (Å²) in [7, 11) is 1.99. The summed E-state index contributed by atoms with van der Waals surface area (Å²) in [6, 6.07) is 0.446. The Morgan fingerprint density at radius 1 is 0.952 bits per heavy atom. The summed E-state index contributed by atoms with van der Waals surface area (Å²) < 4.78 is 26.4. The third kappa shape index (κ3) is 8.13. The SMILES string of the molecule is CCCCCCCCCCC(NC)C1CCC(F)(F)CC1. The standard InChI is InChI=1S/C18H35F2N/c1-3-4-5-6-7-8-9-10-11-17(21-2)16-12-14-18(19,20)15-13-16/h16-17,21H,3-15H2,1-2H3. The van der Waals surface area contributed by atoms with E-state index in [1.807, 2.05) is 7.05 Å². The van der Waals surface area contributed by atoms with E-state index in [0.717, 1.165) is 6.42 Å². The van der Waals surface area contributed by atoms with Gasteiger partial charge < -0.3 is 5.32 Å². The lowest BCUT2D eigenvalue weighted by Crippen LogP contribution is -2.38. The van der Waals surface area contributed by atoms with Crippen molar-refractivity contribution in [2.24, 2.45) is 5.92 Å². The average molecular weight is 303 g/mol. The molecule has 0 heterocycles. The van der Waals surface area contributed by atoms with Crippen molar-refractivity contribution in [3.05, 3.63) is 0 Å². The molecule has 1 rings (SSSR count). The lowest BCUT2D eigenvalue weighted by Gasteiger charge is -2.33. The lowest BCUT2D eigenvalue weighted by molar-refractivity contribution is -0.0496. The molecule has 21 heavy (non-hydrogen) atoms. The molecule has 0 aromatic rings. The Morgan fingerprint density at radius 3 is 2.00 bits per heavy atom. The molecule has 1 aliphatic carbocycles. The van der Waals surface area contributed by atoms with E-state index in [9.17, 15) is 8.78 Å². The van der Waals surface area contributed by atoms with Crippen molar-refractivity contribution in [3.63, 3.8) is 0 Å². The molecule has 1 N–H and O–H groups in total. The van der Waals surface area contributed by atoms with Crippen LogP contribution >= 0.6 is 0 Å². The molecule has 1 saturated carbocycles. The first-order chi connectivity index (χ1) is 10.1. The van der Waals surface area contributed by atoms with E-state index in [-0.39, 0.29) is 12.8 Å². The molecule has 1 atom stereocenters. The van der Waals surface area contributed by atoms with E-state index < -0.39 is 5.92 Å². The zero-order valence-electron chi connectivity index (χ0n) is 14.1. The van der Waals surface area contributed by atoms with Crippen LogP contribution in [0.15, 0.2) is 0 Å². The fourth-order valence-corrected chi connectivity index (χ4v) is 3.58. The summed E-state index contributed by atoms with van der Waals surface area (Å²) >= 11 is 0. The van der Waals surface area contributed by atoms with E-state index >= 15 is 0 Å². The van der Waals surface area contributed by atoms with Gasteiger partial charge in [-0.3, -0.25) is 0 Å². The van der Waals surface area contributed by atoms with Crippen LogP contribution in [0.25, 0.3) is 0 Å². The zero-order chi connectivity index (χ0) is 15.6. The molecular weight excluding hydrogens is 268 g/mol. The lowest BCUT2D eigenvalue weighted by atomic mass is 9.80. The van der Waals surface area contributed by atoms with Gasteiger partial charge in [-0.15, -0.1) is 0 Å². The molecule has 1 fully saturated rings. The molecule has 0 bridgehead atoms. The summed E-state index contributed by atoms with van der Waals surface area (Å²) in [5.41, 5.74) is 0. The first kappa shape index (κ1) is 18.9. The first-order valence-corrected chi connectivity index (χ1v) is 9.14. The number of rotatable bonds is 11. The van der Waals surface area contributed by atoms with Crippen LogP contribution in [-0.2, 0) is 0 Å². The minimum absolute atomic E-state index is 0.0906. The van der Waals surface area contributed by atoms with Gasteiger partial charge in [-0.05, 0) is 32.2 Å². The average Bonchev–Trinajstić information content (AvgIpc) is 2.46. The molecule has 1 unspecified atom stereocenters. The molecule has 0 radical (unpaired) electrons. The highest BCUT2D eigenvalue weighted by atomic mass is 19.3. The van der Waals surface area contributed by atoms with Crippen LogP contribution in [0, 0.1) is 5.92 Å². The van der Waals surface area contributed by atoms with Gasteiger partial charge in [0, 0.05) is 18.9 Å². The van der Waals surface area contributed by atoms with E-state index in [0.29, 0.717) is 24.8 Å². The number of alkyl halides is 2. The number of halogens is 2. The molecule has 0 spiro atoms. The first-order valence-electron chi connectivity index (χ1n) is 9.14. The van der Waals surface area contributed by atoms with Crippen molar-refractivity contribution < 1.29 is 8.78 Å². The molecule has 126 valence electrons. The van der Waals surface area contributed by atoms with Gasteiger partial charge in [0.15, 0.2) is 0 Å². The van der Waals surface area contributed by atoms with Gasteiger partial charge in [0.05, 0.1) is 0 Å². The van der Waals surface area contributed by atoms with Crippen molar-refractivity contribution in [1.29, 1.82) is 0 Å². The molecule has 0 amide bonds. The number of hydrogen-bond donors (Lipinski definition) is 1. The monoisotopic (exact) mass is 303 g/mol. The van der Waals surface area contributed by atoms with Crippen molar-refractivity contribution in [2.75, 3.05) is 7.05 Å². The van der Waals surface area contributed by atoms with Crippen LogP contribution in [0.3, 0.4) is 0 Å². The molecule has 0 saturated heterocycles. The normalized spacial score (nSPS) is 20.6. The molecule has 1 nitrogen and oxygen atoms in total. The highest BCUT2D eigenvalue weighted by Gasteiger charge is 2.36. The number of nitrogens with one attached hydrogen (secondary N) is 1. The molecule has 3 heteroatoms. The zero-order valence-corrected chi connectivity index (χ0v) is 14.1. The van der Waals surface area contributed by atoms with Gasteiger partial charge in [0.25, 0.3) is 0 Å². The Labute approximate surface area is 130 Å². The molecule has 0 aliphatic heterocycles. The van der Waals surface area contributed by atoms with Gasteiger partial charge in [0.2, 0.25) is 5.92 Å². The summed E-state index contributed by atoms with van der Waals surface area (Å²) in [5, 5.41) is 3.37. The highest BCUT2D eigenvalue weighted by molar-refractivity contribution is 4.84. The predicted octanol–water partition coefficient (Wildman–Crippen LogP) is 5.93. The second kappa shape index (κ2) is 10.5. The smallest absolute Gasteiger partial charge is 0.248 e. The Balaban J connectivity index is 2.06. The summed E-state index contributed by atoms with van der Waals surface area (Å²) in [5.74, 6) is -1.94. The van der Waals surface area contributed by atoms with Gasteiger partial charge >= 0.3 is 0 Å². The van der Waals surface area contributed by atoms with E-state index in [2.05, 4.69) is 12.2 Å². The molecule has 0 aromatic heterocycles. The molecule has 1 aliphatic rings. The van der Waals surface area contributed by atoms with Crippen LogP contribution in [0.5, 0.6) is 0 Å². The third-order valence-electron chi connectivity index (χ3n) is 5.07. The second-order valence-electron chi connectivity index (χ2n) is 6.85. The number of hydrogen-bond acceptors (Lipinski definition) is 1. The second-order valence-corrected chi connectivity index (χ2v) is 6.85. The van der Waals surface area contributed by atoms with Crippen molar-refractivity contribution >= 4 is 0 Å². The summed E-state index contributed by atoms with van der Waals surface area (Å²) in [6.07, 6.45) is 13.4. The Hall–Kier alpha value is -0.180. The summed E-state index contributed by atoms with van der Waals surface area (Å²) in [4.78, 5) is 0. The largest absolute Gasteiger partial charge is 0.317 e. The Bertz CT molecular complexity index is 246. The Morgan fingerprint density at radius 2 is 1.48 bits per heavy atom. The number of unbranched alkanes of at least 4 members (excludes halogenated alkanes) is 7. The van der Waals surface area contributed by atoms with Gasteiger partial charge in [0.1, 0.15) is 0 Å². The van der Waals surface area contributed by atoms with E-state index in [1.54, 1.807) is 0 Å². The maximum absolute atomic E-state index is 13.2. The molecule has 0 aromatic carbocycles. The third-order valence-corrected chi connectivity index (χ3v) is 5.07. The fourth-order valence-electron chi connectivity index (χ4n) is 3.58. The van der Waals surface area contributed by atoms with E-state index in [1.165, 1.54) is 51.4 Å².